The average Bonchev–Trinajstić information content (AvgIpc) is 2.58. The van der Waals surface area contributed by atoms with Gasteiger partial charge in [-0.25, -0.2) is 4.79 Å². The van der Waals surface area contributed by atoms with Crippen LogP contribution in [0, 0.1) is 0 Å². The molecule has 0 spiro atoms. The van der Waals surface area contributed by atoms with Gasteiger partial charge in [-0.3, -0.25) is 0 Å². The lowest BCUT2D eigenvalue weighted by Gasteiger charge is -2.05. The normalized spacial score (nSPS) is 10.0. The van der Waals surface area contributed by atoms with E-state index in [2.05, 4.69) is 6.92 Å². The number of carboxylic acid groups (broad SMARTS) is 1. The molecular weight excluding hydrogens is 300 g/mol. The predicted octanol–water partition coefficient (Wildman–Crippen LogP) is 2.56. The van der Waals surface area contributed by atoms with Crippen molar-refractivity contribution in [2.75, 3.05) is 39.8 Å². The number of rotatable bonds is 12. The standard InChI is InChI=1S/C10H22O4.C7H6O2/c1-2-3-4-6-13-10-14-9-8-12-7-5-11;8-7(9)6-4-2-1-3-5-6/h11H,2-10H2,1H3;1-5H,(H,8,9). The van der Waals surface area contributed by atoms with Gasteiger partial charge in [0.05, 0.1) is 32.0 Å². The van der Waals surface area contributed by atoms with Crippen LogP contribution in [0.25, 0.3) is 0 Å². The van der Waals surface area contributed by atoms with Gasteiger partial charge in [-0.15, -0.1) is 0 Å². The molecule has 6 heteroatoms. The first-order valence-electron chi connectivity index (χ1n) is 7.84. The second-order valence-corrected chi connectivity index (χ2v) is 4.65. The number of carboxylic acids is 1. The summed E-state index contributed by atoms with van der Waals surface area (Å²) in [7, 11) is 0. The van der Waals surface area contributed by atoms with Crippen molar-refractivity contribution >= 4 is 5.97 Å². The topological polar surface area (TPSA) is 85.2 Å². The summed E-state index contributed by atoms with van der Waals surface area (Å²) in [5, 5.41) is 16.8. The van der Waals surface area contributed by atoms with Crippen molar-refractivity contribution in [3.8, 4) is 0 Å². The Hall–Kier alpha value is -1.47. The van der Waals surface area contributed by atoms with Crippen LogP contribution in [0.1, 0.15) is 36.5 Å². The molecule has 23 heavy (non-hydrogen) atoms. The molecule has 2 N–H and O–H groups in total. The maximum Gasteiger partial charge on any atom is 0.335 e. The van der Waals surface area contributed by atoms with Crippen LogP contribution >= 0.6 is 0 Å². The van der Waals surface area contributed by atoms with E-state index in [9.17, 15) is 4.79 Å². The van der Waals surface area contributed by atoms with Crippen molar-refractivity contribution in [3.63, 3.8) is 0 Å². The van der Waals surface area contributed by atoms with Gasteiger partial charge < -0.3 is 24.4 Å². The van der Waals surface area contributed by atoms with E-state index in [4.69, 9.17) is 24.4 Å². The average molecular weight is 328 g/mol. The van der Waals surface area contributed by atoms with Crippen molar-refractivity contribution in [1.82, 2.24) is 0 Å². The molecular formula is C17H28O6. The summed E-state index contributed by atoms with van der Waals surface area (Å²) in [6.45, 7) is 4.74. The second kappa shape index (κ2) is 16.9. The summed E-state index contributed by atoms with van der Waals surface area (Å²) in [5.74, 6) is -0.879. The largest absolute Gasteiger partial charge is 0.478 e. The summed E-state index contributed by atoms with van der Waals surface area (Å²) in [6.07, 6.45) is 3.51. The van der Waals surface area contributed by atoms with E-state index in [1.807, 2.05) is 0 Å². The van der Waals surface area contributed by atoms with E-state index < -0.39 is 5.97 Å². The molecule has 1 aromatic carbocycles. The molecule has 0 atom stereocenters. The molecule has 0 fully saturated rings. The molecule has 1 rings (SSSR count). The third-order valence-corrected chi connectivity index (χ3v) is 2.69. The Morgan fingerprint density at radius 2 is 1.61 bits per heavy atom. The third kappa shape index (κ3) is 15.2. The molecule has 0 aliphatic heterocycles. The first-order chi connectivity index (χ1) is 11.2. The van der Waals surface area contributed by atoms with Crippen molar-refractivity contribution in [3.05, 3.63) is 35.9 Å². The maximum atomic E-state index is 10.2. The number of ether oxygens (including phenoxy) is 3. The lowest BCUT2D eigenvalue weighted by Crippen LogP contribution is -2.09. The summed E-state index contributed by atoms with van der Waals surface area (Å²) in [4.78, 5) is 10.2. The molecule has 1 aromatic rings. The van der Waals surface area contributed by atoms with Crippen LogP contribution in [0.2, 0.25) is 0 Å². The SMILES string of the molecule is CCCCCOCOCCOCCO.O=C(O)c1ccccc1. The Labute approximate surface area is 138 Å². The number of unbranched alkanes of at least 4 members (excludes halogenated alkanes) is 2. The fourth-order valence-corrected chi connectivity index (χ4v) is 1.50. The van der Waals surface area contributed by atoms with E-state index >= 15 is 0 Å². The highest BCUT2D eigenvalue weighted by atomic mass is 16.7. The first kappa shape index (κ1) is 21.5. The summed E-state index contributed by atoms with van der Waals surface area (Å²) >= 11 is 0. The lowest BCUT2D eigenvalue weighted by atomic mass is 10.2. The number of aromatic carboxylic acids is 1. The van der Waals surface area contributed by atoms with Crippen LogP contribution < -0.4 is 0 Å². The number of benzene rings is 1. The molecule has 0 unspecified atom stereocenters. The van der Waals surface area contributed by atoms with Crippen LogP contribution in [0.15, 0.2) is 30.3 Å². The highest BCUT2D eigenvalue weighted by Crippen LogP contribution is 1.96. The van der Waals surface area contributed by atoms with Crippen LogP contribution in [-0.4, -0.2) is 56.0 Å². The minimum Gasteiger partial charge on any atom is -0.478 e. The highest BCUT2D eigenvalue weighted by molar-refractivity contribution is 5.87. The van der Waals surface area contributed by atoms with Crippen LogP contribution in [0.4, 0.5) is 0 Å². The zero-order chi connectivity index (χ0) is 17.2. The Morgan fingerprint density at radius 1 is 0.957 bits per heavy atom. The molecule has 0 bridgehead atoms. The smallest absolute Gasteiger partial charge is 0.335 e. The number of aliphatic hydroxyl groups excluding tert-OH is 1. The van der Waals surface area contributed by atoms with Crippen LogP contribution in [0.3, 0.4) is 0 Å². The molecule has 0 amide bonds. The maximum absolute atomic E-state index is 10.2. The molecule has 0 saturated carbocycles. The summed E-state index contributed by atoms with van der Waals surface area (Å²) < 4.78 is 15.3. The van der Waals surface area contributed by atoms with Gasteiger partial charge in [0.25, 0.3) is 0 Å². The van der Waals surface area contributed by atoms with Crippen LogP contribution in [-0.2, 0) is 14.2 Å². The molecule has 0 saturated heterocycles. The van der Waals surface area contributed by atoms with Gasteiger partial charge in [0.2, 0.25) is 0 Å². The Kier molecular flexibility index (Phi) is 15.8. The van der Waals surface area contributed by atoms with Crippen molar-refractivity contribution in [2.45, 2.75) is 26.2 Å². The molecule has 0 aliphatic carbocycles. The number of aliphatic hydroxyl groups is 1. The fourth-order valence-electron chi connectivity index (χ4n) is 1.50. The quantitative estimate of drug-likeness (QED) is 0.453. The molecule has 0 heterocycles. The lowest BCUT2D eigenvalue weighted by molar-refractivity contribution is -0.0714. The Balaban J connectivity index is 0.000000459. The zero-order valence-electron chi connectivity index (χ0n) is 13.8. The molecule has 0 radical (unpaired) electrons. The van der Waals surface area contributed by atoms with Gasteiger partial charge in [-0.05, 0) is 18.6 Å². The van der Waals surface area contributed by atoms with Gasteiger partial charge in [0.15, 0.2) is 0 Å². The minimum absolute atomic E-state index is 0.0630. The third-order valence-electron chi connectivity index (χ3n) is 2.69. The summed E-state index contributed by atoms with van der Waals surface area (Å²) in [6, 6.07) is 8.30. The van der Waals surface area contributed by atoms with E-state index in [0.29, 0.717) is 32.2 Å². The monoisotopic (exact) mass is 328 g/mol. The Bertz CT molecular complexity index is 357. The number of hydrogen-bond acceptors (Lipinski definition) is 5. The predicted molar refractivity (Wildman–Crippen MR) is 87.6 cm³/mol. The van der Waals surface area contributed by atoms with Gasteiger partial charge >= 0.3 is 5.97 Å². The Morgan fingerprint density at radius 3 is 2.17 bits per heavy atom. The van der Waals surface area contributed by atoms with Gasteiger partial charge in [0.1, 0.15) is 6.79 Å². The van der Waals surface area contributed by atoms with Gasteiger partial charge in [-0.2, -0.15) is 0 Å². The minimum atomic E-state index is -0.879. The van der Waals surface area contributed by atoms with Crippen molar-refractivity contribution in [1.29, 1.82) is 0 Å². The number of carbonyl (C=O) groups is 1. The van der Waals surface area contributed by atoms with Crippen molar-refractivity contribution in [2.24, 2.45) is 0 Å². The molecule has 0 aromatic heterocycles. The van der Waals surface area contributed by atoms with E-state index in [1.54, 1.807) is 30.3 Å². The molecule has 132 valence electrons. The molecule has 6 nitrogen and oxygen atoms in total. The second-order valence-electron chi connectivity index (χ2n) is 4.65. The van der Waals surface area contributed by atoms with Crippen LogP contribution in [0.5, 0.6) is 0 Å². The summed E-state index contributed by atoms with van der Waals surface area (Å²) in [5.41, 5.74) is 0.331. The van der Waals surface area contributed by atoms with E-state index in [-0.39, 0.29) is 6.61 Å². The fraction of sp³-hybridized carbons (Fsp3) is 0.588. The van der Waals surface area contributed by atoms with E-state index in [1.165, 1.54) is 12.8 Å². The highest BCUT2D eigenvalue weighted by Gasteiger charge is 1.96. The van der Waals surface area contributed by atoms with E-state index in [0.717, 1.165) is 13.0 Å². The van der Waals surface area contributed by atoms with Crippen molar-refractivity contribution < 1.29 is 29.2 Å². The van der Waals surface area contributed by atoms with Gasteiger partial charge in [-0.1, -0.05) is 38.0 Å². The number of hydrogen-bond donors (Lipinski definition) is 2. The molecule has 0 aliphatic rings. The first-order valence-corrected chi connectivity index (χ1v) is 7.84. The zero-order valence-corrected chi connectivity index (χ0v) is 13.8. The van der Waals surface area contributed by atoms with Gasteiger partial charge in [0, 0.05) is 6.61 Å².